The van der Waals surface area contributed by atoms with Crippen LogP contribution in [-0.2, 0) is 4.74 Å². The summed E-state index contributed by atoms with van der Waals surface area (Å²) in [5, 5.41) is 0. The molecule has 0 radical (unpaired) electrons. The van der Waals surface area contributed by atoms with Crippen LogP contribution in [0, 0.1) is 23.7 Å². The molecular formula is C20H26O2. The highest BCUT2D eigenvalue weighted by molar-refractivity contribution is 5.61. The van der Waals surface area contributed by atoms with Gasteiger partial charge in [0, 0.05) is 0 Å². The average Bonchev–Trinajstić information content (AvgIpc) is 2.50. The van der Waals surface area contributed by atoms with E-state index in [0.717, 1.165) is 40.6 Å². The Morgan fingerprint density at radius 2 is 1.59 bits per heavy atom. The lowest BCUT2D eigenvalue weighted by Gasteiger charge is -2.53. The van der Waals surface area contributed by atoms with Crippen molar-refractivity contribution >= 4 is 5.57 Å². The van der Waals surface area contributed by atoms with E-state index in [1.165, 1.54) is 32.1 Å². The first-order chi connectivity index (χ1) is 10.7. The summed E-state index contributed by atoms with van der Waals surface area (Å²) in [4.78, 5) is 0. The molecule has 0 unspecified atom stereocenters. The summed E-state index contributed by atoms with van der Waals surface area (Å²) in [6, 6.07) is 8.12. The lowest BCUT2D eigenvalue weighted by Crippen LogP contribution is -2.49. The molecule has 0 saturated heterocycles. The van der Waals surface area contributed by atoms with Gasteiger partial charge in [0.15, 0.2) is 6.79 Å². The molecule has 0 aliphatic heterocycles. The van der Waals surface area contributed by atoms with Gasteiger partial charge in [0.1, 0.15) is 5.75 Å². The number of hydrogen-bond acceptors (Lipinski definition) is 2. The fourth-order valence-electron chi connectivity index (χ4n) is 5.16. The van der Waals surface area contributed by atoms with Crippen molar-refractivity contribution < 1.29 is 9.47 Å². The summed E-state index contributed by atoms with van der Waals surface area (Å²) in [5.74, 6) is 4.47. The minimum atomic E-state index is 0.388. The van der Waals surface area contributed by atoms with Crippen LogP contribution < -0.4 is 4.74 Å². The number of allylic oxidation sites excluding steroid dienone is 1. The summed E-state index contributed by atoms with van der Waals surface area (Å²) in [5.41, 5.74) is 2.24. The Morgan fingerprint density at radius 3 is 2.14 bits per heavy atom. The van der Waals surface area contributed by atoms with Gasteiger partial charge in [0.25, 0.3) is 0 Å². The van der Waals surface area contributed by atoms with Gasteiger partial charge in [-0.1, -0.05) is 24.3 Å². The highest BCUT2D eigenvalue weighted by Crippen LogP contribution is 2.54. The van der Waals surface area contributed by atoms with Crippen molar-refractivity contribution in [1.82, 2.24) is 0 Å². The third kappa shape index (κ3) is 2.69. The Bertz CT molecular complexity index is 517. The Hall–Kier alpha value is -1.28. The number of ether oxygens (including phenoxy) is 2. The number of hydrogen-bond donors (Lipinski definition) is 0. The molecule has 1 aromatic rings. The largest absolute Gasteiger partial charge is 0.468 e. The van der Waals surface area contributed by atoms with Crippen molar-refractivity contribution in [2.45, 2.75) is 45.1 Å². The number of rotatable bonds is 5. The van der Waals surface area contributed by atoms with Crippen molar-refractivity contribution in [2.24, 2.45) is 23.7 Å². The van der Waals surface area contributed by atoms with Crippen LogP contribution in [0.3, 0.4) is 0 Å². The third-order valence-corrected chi connectivity index (χ3v) is 5.97. The summed E-state index contributed by atoms with van der Waals surface area (Å²) in [6.07, 6.45) is 7.51. The first-order valence-corrected chi connectivity index (χ1v) is 8.69. The van der Waals surface area contributed by atoms with Crippen molar-refractivity contribution in [2.75, 3.05) is 6.79 Å². The zero-order chi connectivity index (χ0) is 15.1. The highest BCUT2D eigenvalue weighted by Gasteiger charge is 2.48. The third-order valence-electron chi connectivity index (χ3n) is 5.97. The van der Waals surface area contributed by atoms with Crippen molar-refractivity contribution in [3.8, 4) is 5.75 Å². The predicted octanol–water partition coefficient (Wildman–Crippen LogP) is 4.90. The molecule has 4 aliphatic carbocycles. The maximum Gasteiger partial charge on any atom is 0.189 e. The average molecular weight is 298 g/mol. The minimum absolute atomic E-state index is 0.388. The van der Waals surface area contributed by atoms with E-state index in [-0.39, 0.29) is 0 Å². The molecule has 22 heavy (non-hydrogen) atoms. The van der Waals surface area contributed by atoms with Gasteiger partial charge < -0.3 is 9.47 Å². The maximum atomic E-state index is 6.16. The zero-order valence-electron chi connectivity index (χ0n) is 13.5. The summed E-state index contributed by atoms with van der Waals surface area (Å²) >= 11 is 0. The second-order valence-corrected chi connectivity index (χ2v) is 7.63. The van der Waals surface area contributed by atoms with E-state index in [4.69, 9.17) is 9.47 Å². The summed E-state index contributed by atoms with van der Waals surface area (Å²) in [6.45, 7) is 6.36. The second-order valence-electron chi connectivity index (χ2n) is 7.63. The van der Waals surface area contributed by atoms with Crippen molar-refractivity contribution in [1.29, 1.82) is 0 Å². The molecule has 0 aromatic heterocycles. The highest BCUT2D eigenvalue weighted by atomic mass is 16.7. The molecule has 0 spiro atoms. The Balaban J connectivity index is 1.31. The molecule has 2 nitrogen and oxygen atoms in total. The molecule has 5 rings (SSSR count). The van der Waals surface area contributed by atoms with Crippen LogP contribution in [0.15, 0.2) is 30.8 Å². The van der Waals surface area contributed by atoms with E-state index in [1.807, 2.05) is 19.1 Å². The van der Waals surface area contributed by atoms with E-state index >= 15 is 0 Å². The molecule has 4 saturated carbocycles. The molecule has 0 heterocycles. The van der Waals surface area contributed by atoms with Gasteiger partial charge in [-0.3, -0.25) is 0 Å². The second kappa shape index (κ2) is 5.73. The van der Waals surface area contributed by atoms with E-state index in [9.17, 15) is 0 Å². The van der Waals surface area contributed by atoms with Gasteiger partial charge in [0.05, 0.1) is 6.10 Å². The molecular weight excluding hydrogens is 272 g/mol. The topological polar surface area (TPSA) is 18.5 Å². The first-order valence-electron chi connectivity index (χ1n) is 8.69. The lowest BCUT2D eigenvalue weighted by atomic mass is 9.55. The summed E-state index contributed by atoms with van der Waals surface area (Å²) in [7, 11) is 0. The molecule has 118 valence electrons. The zero-order valence-corrected chi connectivity index (χ0v) is 13.5. The smallest absolute Gasteiger partial charge is 0.189 e. The van der Waals surface area contributed by atoms with Gasteiger partial charge in [-0.2, -0.15) is 0 Å². The standard InChI is InChI=1S/C20H26O2/c1-13(2)16-3-5-19(6-4-16)21-12-22-20-17-8-14-7-15(10-17)11-18(20)9-14/h3-6,14-15,17-18,20H,1,7-12H2,2H3. The van der Waals surface area contributed by atoms with Crippen LogP contribution >= 0.6 is 0 Å². The number of benzene rings is 1. The molecule has 4 fully saturated rings. The molecule has 2 heteroatoms. The first kappa shape index (κ1) is 14.3. The van der Waals surface area contributed by atoms with Crippen molar-refractivity contribution in [3.63, 3.8) is 0 Å². The van der Waals surface area contributed by atoms with E-state index < -0.39 is 0 Å². The normalized spacial score (nSPS) is 35.6. The quantitative estimate of drug-likeness (QED) is 0.720. The Labute approximate surface area is 133 Å². The van der Waals surface area contributed by atoms with Crippen LogP contribution in [0.2, 0.25) is 0 Å². The lowest BCUT2D eigenvalue weighted by molar-refractivity contribution is -0.155. The van der Waals surface area contributed by atoms with Crippen LogP contribution in [0.1, 0.15) is 44.6 Å². The molecule has 4 bridgehead atoms. The molecule has 0 atom stereocenters. The van der Waals surface area contributed by atoms with Crippen molar-refractivity contribution in [3.05, 3.63) is 36.4 Å². The van der Waals surface area contributed by atoms with E-state index in [1.54, 1.807) is 0 Å². The van der Waals surface area contributed by atoms with Crippen LogP contribution in [0.5, 0.6) is 5.75 Å². The van der Waals surface area contributed by atoms with Crippen LogP contribution in [0.25, 0.3) is 5.57 Å². The van der Waals surface area contributed by atoms with Gasteiger partial charge in [-0.25, -0.2) is 0 Å². The maximum absolute atomic E-state index is 6.16. The van der Waals surface area contributed by atoms with Gasteiger partial charge >= 0.3 is 0 Å². The van der Waals surface area contributed by atoms with Gasteiger partial charge in [-0.05, 0) is 80.4 Å². The molecule has 4 aliphatic rings. The SMILES string of the molecule is C=C(C)c1ccc(OCOC2C3CC4CC(C3)CC2C4)cc1. The van der Waals surface area contributed by atoms with E-state index in [2.05, 4.69) is 18.7 Å². The molecule has 0 N–H and O–H groups in total. The van der Waals surface area contributed by atoms with E-state index in [0.29, 0.717) is 12.9 Å². The van der Waals surface area contributed by atoms with Gasteiger partial charge in [-0.15, -0.1) is 0 Å². The van der Waals surface area contributed by atoms with Crippen LogP contribution in [-0.4, -0.2) is 12.9 Å². The fraction of sp³-hybridized carbons (Fsp3) is 0.600. The Morgan fingerprint density at radius 1 is 1.00 bits per heavy atom. The summed E-state index contributed by atoms with van der Waals surface area (Å²) < 4.78 is 12.0. The van der Waals surface area contributed by atoms with Gasteiger partial charge in [0.2, 0.25) is 0 Å². The molecule has 1 aromatic carbocycles. The fourth-order valence-corrected chi connectivity index (χ4v) is 5.16. The van der Waals surface area contributed by atoms with Crippen LogP contribution in [0.4, 0.5) is 0 Å². The Kier molecular flexibility index (Phi) is 3.73. The monoisotopic (exact) mass is 298 g/mol. The predicted molar refractivity (Wildman–Crippen MR) is 88.6 cm³/mol. The minimum Gasteiger partial charge on any atom is -0.468 e. The molecule has 0 amide bonds.